The summed E-state index contributed by atoms with van der Waals surface area (Å²) in [4.78, 5) is 26.3. The first-order valence-corrected chi connectivity index (χ1v) is 13.1. The first kappa shape index (κ1) is 26.0. The molecule has 0 aliphatic heterocycles. The number of aromatic nitrogens is 2. The number of hydrogen-bond donors (Lipinski definition) is 2. The largest absolute Gasteiger partial charge is 0.497 e. The summed E-state index contributed by atoms with van der Waals surface area (Å²) in [6.07, 6.45) is 3.55. The fourth-order valence-electron chi connectivity index (χ4n) is 3.84. The molecule has 0 bridgehead atoms. The Kier molecular flexibility index (Phi) is 8.99. The molecule has 2 N–H and O–H groups in total. The van der Waals surface area contributed by atoms with Crippen LogP contribution in [0.2, 0.25) is 0 Å². The van der Waals surface area contributed by atoms with Crippen molar-refractivity contribution < 1.29 is 14.3 Å². The maximum absolute atomic E-state index is 13.3. The van der Waals surface area contributed by atoms with E-state index in [9.17, 15) is 9.59 Å². The molecule has 4 rings (SSSR count). The van der Waals surface area contributed by atoms with Gasteiger partial charge in [-0.2, -0.15) is 0 Å². The van der Waals surface area contributed by atoms with E-state index in [0.717, 1.165) is 30.4 Å². The fraction of sp³-hybridized carbons (Fsp3) is 0.241. The molecule has 1 heterocycles. The molecule has 0 radical (unpaired) electrons. The van der Waals surface area contributed by atoms with E-state index >= 15 is 0 Å². The second kappa shape index (κ2) is 12.8. The van der Waals surface area contributed by atoms with Crippen LogP contribution in [0.25, 0.3) is 10.6 Å². The number of ether oxygens (including phenoxy) is 1. The van der Waals surface area contributed by atoms with Gasteiger partial charge in [-0.15, -0.1) is 10.2 Å². The second-order valence-corrected chi connectivity index (χ2v) is 9.63. The summed E-state index contributed by atoms with van der Waals surface area (Å²) < 4.78 is 5.28. The molecule has 1 atom stereocenters. The highest BCUT2D eigenvalue weighted by molar-refractivity contribution is 7.18. The van der Waals surface area contributed by atoms with Crippen molar-refractivity contribution in [3.8, 4) is 16.3 Å². The molecule has 0 aliphatic carbocycles. The lowest BCUT2D eigenvalue weighted by atomic mass is 10.0. The predicted molar refractivity (Wildman–Crippen MR) is 147 cm³/mol. The minimum absolute atomic E-state index is 0.299. The molecule has 1 aromatic heterocycles. The van der Waals surface area contributed by atoms with Gasteiger partial charge in [0, 0.05) is 17.5 Å². The minimum Gasteiger partial charge on any atom is -0.497 e. The number of carbonyl (C=O) groups excluding carboxylic acids is 2. The van der Waals surface area contributed by atoms with Crippen molar-refractivity contribution in [3.63, 3.8) is 0 Å². The molecule has 7 nitrogen and oxygen atoms in total. The lowest BCUT2D eigenvalue weighted by Crippen LogP contribution is -2.45. The van der Waals surface area contributed by atoms with Gasteiger partial charge in [0.2, 0.25) is 11.0 Å². The number of hydrogen-bond acceptors (Lipinski definition) is 6. The van der Waals surface area contributed by atoms with Gasteiger partial charge in [0.15, 0.2) is 0 Å². The maximum atomic E-state index is 13.3. The minimum atomic E-state index is -0.793. The van der Waals surface area contributed by atoms with E-state index in [2.05, 4.69) is 27.8 Å². The summed E-state index contributed by atoms with van der Waals surface area (Å²) in [5.41, 5.74) is 3.49. The molecule has 1 unspecified atom stereocenters. The highest BCUT2D eigenvalue weighted by Gasteiger charge is 2.23. The Labute approximate surface area is 220 Å². The number of nitrogens with zero attached hydrogens (tertiary/aromatic N) is 2. The smallest absolute Gasteiger partial charge is 0.251 e. The van der Waals surface area contributed by atoms with Crippen LogP contribution in [-0.4, -0.2) is 35.2 Å². The molecule has 0 saturated carbocycles. The SMILES string of the molecule is CCCCc1ccc(C(=O)NC(Cc2ccccc2)C(=O)Nc2nnc(-c3cccc(OC)c3)s2)cc1. The van der Waals surface area contributed by atoms with Crippen LogP contribution in [0.3, 0.4) is 0 Å². The van der Waals surface area contributed by atoms with E-state index in [1.54, 1.807) is 7.11 Å². The Balaban J connectivity index is 1.48. The third kappa shape index (κ3) is 7.24. The summed E-state index contributed by atoms with van der Waals surface area (Å²) in [5.74, 6) is 0.0555. The van der Waals surface area contributed by atoms with Crippen LogP contribution >= 0.6 is 11.3 Å². The number of benzene rings is 3. The zero-order valence-corrected chi connectivity index (χ0v) is 21.8. The van der Waals surface area contributed by atoms with Gasteiger partial charge in [-0.25, -0.2) is 0 Å². The molecule has 0 saturated heterocycles. The number of nitrogens with one attached hydrogen (secondary N) is 2. The highest BCUT2D eigenvalue weighted by Crippen LogP contribution is 2.28. The molecule has 0 aliphatic rings. The Morgan fingerprint density at radius 3 is 2.46 bits per heavy atom. The lowest BCUT2D eigenvalue weighted by molar-refractivity contribution is -0.118. The molecular weight excluding hydrogens is 484 g/mol. The number of unbranched alkanes of at least 4 members (excludes halogenated alkanes) is 1. The fourth-order valence-corrected chi connectivity index (χ4v) is 4.59. The average molecular weight is 515 g/mol. The molecule has 0 fully saturated rings. The molecule has 37 heavy (non-hydrogen) atoms. The van der Waals surface area contributed by atoms with E-state index < -0.39 is 6.04 Å². The third-order valence-electron chi connectivity index (χ3n) is 5.91. The monoisotopic (exact) mass is 514 g/mol. The van der Waals surface area contributed by atoms with Crippen molar-refractivity contribution in [2.75, 3.05) is 12.4 Å². The van der Waals surface area contributed by atoms with Gasteiger partial charge in [-0.3, -0.25) is 14.9 Å². The van der Waals surface area contributed by atoms with Crippen LogP contribution < -0.4 is 15.4 Å². The van der Waals surface area contributed by atoms with Crippen LogP contribution in [0, 0.1) is 0 Å². The Morgan fingerprint density at radius 1 is 0.946 bits per heavy atom. The summed E-state index contributed by atoms with van der Waals surface area (Å²) in [6.45, 7) is 2.15. The number of aryl methyl sites for hydroxylation is 1. The number of rotatable bonds is 11. The van der Waals surface area contributed by atoms with Crippen molar-refractivity contribution in [1.82, 2.24) is 15.5 Å². The van der Waals surface area contributed by atoms with Crippen LogP contribution in [0.5, 0.6) is 5.75 Å². The first-order valence-electron chi connectivity index (χ1n) is 12.3. The van der Waals surface area contributed by atoms with Crippen molar-refractivity contribution in [3.05, 3.63) is 95.6 Å². The van der Waals surface area contributed by atoms with Gasteiger partial charge in [0.25, 0.3) is 5.91 Å². The standard InChI is InChI=1S/C29H30N4O3S/c1-3-4-9-20-14-16-22(17-15-20)26(34)30-25(18-21-10-6-5-7-11-21)27(35)31-29-33-32-28(37-29)23-12-8-13-24(19-23)36-2/h5-8,10-17,19,25H,3-4,9,18H2,1-2H3,(H,30,34)(H,31,33,35). The average Bonchev–Trinajstić information content (AvgIpc) is 3.41. The van der Waals surface area contributed by atoms with Gasteiger partial charge in [-0.1, -0.05) is 79.3 Å². The quantitative estimate of drug-likeness (QED) is 0.274. The molecule has 4 aromatic rings. The first-order chi connectivity index (χ1) is 18.1. The molecular formula is C29H30N4O3S. The molecule has 3 aromatic carbocycles. The summed E-state index contributed by atoms with van der Waals surface area (Å²) >= 11 is 1.26. The molecule has 2 amide bonds. The summed E-state index contributed by atoms with van der Waals surface area (Å²) in [5, 5.41) is 15.1. The van der Waals surface area contributed by atoms with Crippen molar-refractivity contribution in [2.45, 2.75) is 38.6 Å². The zero-order valence-electron chi connectivity index (χ0n) is 20.9. The number of anilines is 1. The Morgan fingerprint density at radius 2 is 1.73 bits per heavy atom. The van der Waals surface area contributed by atoms with Crippen LogP contribution in [0.15, 0.2) is 78.9 Å². The predicted octanol–water partition coefficient (Wildman–Crippen LogP) is 5.54. The van der Waals surface area contributed by atoms with Crippen LogP contribution in [0.4, 0.5) is 5.13 Å². The van der Waals surface area contributed by atoms with Gasteiger partial charge in [-0.05, 0) is 48.2 Å². The van der Waals surface area contributed by atoms with Crippen LogP contribution in [0.1, 0.15) is 41.3 Å². The summed E-state index contributed by atoms with van der Waals surface area (Å²) in [7, 11) is 1.60. The normalized spacial score (nSPS) is 11.5. The molecule has 8 heteroatoms. The van der Waals surface area contributed by atoms with Crippen molar-refractivity contribution in [2.24, 2.45) is 0 Å². The Hall–Kier alpha value is -4.04. The Bertz CT molecular complexity index is 1320. The van der Waals surface area contributed by atoms with E-state index in [1.165, 1.54) is 16.9 Å². The zero-order chi connectivity index (χ0) is 26.0. The molecule has 190 valence electrons. The van der Waals surface area contributed by atoms with Gasteiger partial charge < -0.3 is 10.1 Å². The second-order valence-electron chi connectivity index (χ2n) is 8.65. The lowest BCUT2D eigenvalue weighted by Gasteiger charge is -2.18. The highest BCUT2D eigenvalue weighted by atomic mass is 32.1. The number of methoxy groups -OCH3 is 1. The molecule has 0 spiro atoms. The third-order valence-corrected chi connectivity index (χ3v) is 6.80. The van der Waals surface area contributed by atoms with E-state index in [1.807, 2.05) is 78.9 Å². The van der Waals surface area contributed by atoms with Crippen molar-refractivity contribution >= 4 is 28.3 Å². The van der Waals surface area contributed by atoms with Crippen LogP contribution in [-0.2, 0) is 17.6 Å². The maximum Gasteiger partial charge on any atom is 0.251 e. The number of carbonyl (C=O) groups is 2. The van der Waals surface area contributed by atoms with Gasteiger partial charge >= 0.3 is 0 Å². The van der Waals surface area contributed by atoms with E-state index in [-0.39, 0.29) is 11.8 Å². The van der Waals surface area contributed by atoms with Crippen molar-refractivity contribution in [1.29, 1.82) is 0 Å². The topological polar surface area (TPSA) is 93.2 Å². The van der Waals surface area contributed by atoms with E-state index in [4.69, 9.17) is 4.74 Å². The summed E-state index contributed by atoms with van der Waals surface area (Å²) in [6, 6.07) is 23.8. The number of amides is 2. The van der Waals surface area contributed by atoms with E-state index in [0.29, 0.717) is 27.9 Å². The van der Waals surface area contributed by atoms with Gasteiger partial charge in [0.1, 0.15) is 16.8 Å². The van der Waals surface area contributed by atoms with Gasteiger partial charge in [0.05, 0.1) is 7.11 Å².